The summed E-state index contributed by atoms with van der Waals surface area (Å²) in [5.74, 6) is -0.317. The maximum absolute atomic E-state index is 12.7. The zero-order valence-corrected chi connectivity index (χ0v) is 39.5. The molecule has 340 valence electrons. The van der Waals surface area contributed by atoms with Crippen LogP contribution >= 0.6 is 7.82 Å². The highest BCUT2D eigenvalue weighted by molar-refractivity contribution is 7.47. The number of carbonyl (C=O) groups is 1. The number of quaternary nitrogens is 1. The van der Waals surface area contributed by atoms with Crippen LogP contribution in [0.25, 0.3) is 0 Å². The van der Waals surface area contributed by atoms with E-state index in [4.69, 9.17) is 18.5 Å². The lowest BCUT2D eigenvalue weighted by atomic mass is 10.0. The van der Waals surface area contributed by atoms with E-state index in [9.17, 15) is 14.3 Å². The van der Waals surface area contributed by atoms with Crippen molar-refractivity contribution in [1.82, 2.24) is 0 Å². The topological polar surface area (TPSA) is 91.3 Å². The van der Waals surface area contributed by atoms with Gasteiger partial charge in [-0.3, -0.25) is 13.8 Å². The van der Waals surface area contributed by atoms with Crippen LogP contribution in [0.2, 0.25) is 0 Å². The summed E-state index contributed by atoms with van der Waals surface area (Å²) in [6.07, 6.45) is 46.8. The van der Waals surface area contributed by atoms with E-state index in [2.05, 4.69) is 26.0 Å². The molecule has 0 rings (SSSR count). The molecular formula is C48H97NO7P+. The molecule has 2 atom stereocenters. The van der Waals surface area contributed by atoms with Crippen LogP contribution in [-0.2, 0) is 27.9 Å². The molecule has 0 saturated carbocycles. The van der Waals surface area contributed by atoms with Gasteiger partial charge in [-0.15, -0.1) is 0 Å². The Hall–Kier alpha value is -0.760. The molecule has 0 fully saturated rings. The van der Waals surface area contributed by atoms with Gasteiger partial charge in [0.1, 0.15) is 19.3 Å². The molecule has 8 nitrogen and oxygen atoms in total. The predicted molar refractivity (Wildman–Crippen MR) is 243 cm³/mol. The normalized spacial score (nSPS) is 13.7. The molecule has 0 aliphatic carbocycles. The Labute approximate surface area is 354 Å². The van der Waals surface area contributed by atoms with Crippen molar-refractivity contribution in [3.05, 3.63) is 12.2 Å². The number of allylic oxidation sites excluding steroid dienone is 2. The van der Waals surface area contributed by atoms with Crippen molar-refractivity contribution < 1.29 is 37.3 Å². The summed E-state index contributed by atoms with van der Waals surface area (Å²) in [4.78, 5) is 22.9. The van der Waals surface area contributed by atoms with E-state index in [-0.39, 0.29) is 25.8 Å². The van der Waals surface area contributed by atoms with Gasteiger partial charge in [-0.2, -0.15) is 0 Å². The highest BCUT2D eigenvalue weighted by Crippen LogP contribution is 2.43. The van der Waals surface area contributed by atoms with Gasteiger partial charge in [0.05, 0.1) is 34.4 Å². The minimum Gasteiger partial charge on any atom is -0.457 e. The highest BCUT2D eigenvalue weighted by atomic mass is 31.2. The molecular weight excluding hydrogens is 734 g/mol. The minimum atomic E-state index is -4.27. The average molecular weight is 831 g/mol. The number of nitrogens with zero attached hydrogens (tertiary/aromatic N) is 1. The van der Waals surface area contributed by atoms with Gasteiger partial charge in [0.2, 0.25) is 0 Å². The zero-order chi connectivity index (χ0) is 42.0. The van der Waals surface area contributed by atoms with Gasteiger partial charge in [0.25, 0.3) is 0 Å². The molecule has 0 aromatic rings. The second-order valence-electron chi connectivity index (χ2n) is 17.9. The summed E-state index contributed by atoms with van der Waals surface area (Å²) in [5, 5.41) is 0. The molecule has 0 heterocycles. The quantitative estimate of drug-likeness (QED) is 0.0215. The maximum Gasteiger partial charge on any atom is 0.472 e. The molecule has 9 heteroatoms. The first-order valence-corrected chi connectivity index (χ1v) is 25.9. The van der Waals surface area contributed by atoms with Gasteiger partial charge in [0.15, 0.2) is 0 Å². The van der Waals surface area contributed by atoms with Gasteiger partial charge < -0.3 is 18.9 Å². The Morgan fingerprint density at radius 3 is 1.33 bits per heavy atom. The monoisotopic (exact) mass is 831 g/mol. The molecule has 57 heavy (non-hydrogen) atoms. The third-order valence-corrected chi connectivity index (χ3v) is 11.8. The summed E-state index contributed by atoms with van der Waals surface area (Å²) in [7, 11) is 1.68. The van der Waals surface area contributed by atoms with Crippen molar-refractivity contribution in [3.63, 3.8) is 0 Å². The first kappa shape index (κ1) is 56.2. The van der Waals surface area contributed by atoms with Crippen LogP contribution in [0.3, 0.4) is 0 Å². The molecule has 0 amide bonds. The van der Waals surface area contributed by atoms with E-state index in [0.717, 1.165) is 38.5 Å². The van der Waals surface area contributed by atoms with Crippen molar-refractivity contribution in [2.45, 2.75) is 238 Å². The van der Waals surface area contributed by atoms with Crippen LogP contribution in [0.15, 0.2) is 12.2 Å². The minimum absolute atomic E-state index is 0.0905. The first-order chi connectivity index (χ1) is 27.6. The van der Waals surface area contributed by atoms with E-state index in [1.165, 1.54) is 173 Å². The van der Waals surface area contributed by atoms with Crippen LogP contribution in [0.1, 0.15) is 232 Å². The number of hydrogen-bond acceptors (Lipinski definition) is 6. The molecule has 0 radical (unpaired) electrons. The highest BCUT2D eigenvalue weighted by Gasteiger charge is 2.26. The first-order valence-electron chi connectivity index (χ1n) is 24.4. The number of phosphoric ester groups is 1. The smallest absolute Gasteiger partial charge is 0.457 e. The second kappa shape index (κ2) is 42.0. The third-order valence-electron chi connectivity index (χ3n) is 10.8. The molecule has 0 aromatic carbocycles. The van der Waals surface area contributed by atoms with Crippen LogP contribution in [0.4, 0.5) is 0 Å². The molecule has 1 N–H and O–H groups in total. The number of ether oxygens (including phenoxy) is 2. The van der Waals surface area contributed by atoms with E-state index in [0.29, 0.717) is 24.1 Å². The van der Waals surface area contributed by atoms with Crippen molar-refractivity contribution in [2.24, 2.45) is 0 Å². The maximum atomic E-state index is 12.7. The van der Waals surface area contributed by atoms with Gasteiger partial charge in [-0.1, -0.05) is 199 Å². The Morgan fingerprint density at radius 2 is 0.912 bits per heavy atom. The van der Waals surface area contributed by atoms with Gasteiger partial charge >= 0.3 is 13.8 Å². The lowest BCUT2D eigenvalue weighted by molar-refractivity contribution is -0.870. The van der Waals surface area contributed by atoms with E-state index in [1.807, 2.05) is 21.1 Å². The number of carbonyl (C=O) groups excluding carboxylic acids is 1. The number of likely N-dealkylation sites (N-methyl/N-ethyl adjacent to an activating group) is 1. The van der Waals surface area contributed by atoms with E-state index >= 15 is 0 Å². The summed E-state index contributed by atoms with van der Waals surface area (Å²) >= 11 is 0. The summed E-state index contributed by atoms with van der Waals surface area (Å²) in [6, 6.07) is 0. The van der Waals surface area contributed by atoms with Crippen LogP contribution in [0, 0.1) is 0 Å². The number of unbranched alkanes of at least 4 members (excludes halogenated alkanes) is 30. The fourth-order valence-electron chi connectivity index (χ4n) is 7.02. The van der Waals surface area contributed by atoms with Crippen molar-refractivity contribution in [2.75, 3.05) is 54.1 Å². The van der Waals surface area contributed by atoms with Crippen LogP contribution < -0.4 is 0 Å². The average Bonchev–Trinajstić information content (AvgIpc) is 3.16. The lowest BCUT2D eigenvalue weighted by Crippen LogP contribution is -2.37. The van der Waals surface area contributed by atoms with Crippen molar-refractivity contribution in [1.29, 1.82) is 0 Å². The number of hydrogen-bond donors (Lipinski definition) is 1. The molecule has 0 saturated heterocycles. The number of rotatable bonds is 46. The Balaban J connectivity index is 4.14. The van der Waals surface area contributed by atoms with E-state index < -0.39 is 13.9 Å². The zero-order valence-electron chi connectivity index (χ0n) is 38.6. The largest absolute Gasteiger partial charge is 0.472 e. The van der Waals surface area contributed by atoms with Gasteiger partial charge in [-0.05, 0) is 38.5 Å². The lowest BCUT2D eigenvalue weighted by Gasteiger charge is -2.24. The Bertz CT molecular complexity index is 925. The fraction of sp³-hybridized carbons (Fsp3) is 0.938. The second-order valence-corrected chi connectivity index (χ2v) is 19.3. The van der Waals surface area contributed by atoms with Gasteiger partial charge in [0, 0.05) is 13.0 Å². The van der Waals surface area contributed by atoms with Crippen LogP contribution in [0.5, 0.6) is 0 Å². The van der Waals surface area contributed by atoms with Crippen molar-refractivity contribution >= 4 is 13.8 Å². The summed E-state index contributed by atoms with van der Waals surface area (Å²) in [5.41, 5.74) is 0. The Kier molecular flexibility index (Phi) is 41.4. The standard InChI is InChI=1S/C48H96NO7P/c1-6-8-10-12-14-16-18-20-22-24-25-26-28-30-32-34-36-38-40-43-53-45-47(46-55-57(51,52)54-44-42-49(3,4)5)56-48(50)41-39-37-35-33-31-29-27-23-21-19-17-15-13-11-9-7-2/h23,27,47H,6-22,24-26,28-46H2,1-5H3/p+1/b27-23-. The third kappa shape index (κ3) is 46.2. The van der Waals surface area contributed by atoms with Crippen LogP contribution in [-0.4, -0.2) is 75.6 Å². The molecule has 2 unspecified atom stereocenters. The number of phosphoric acid groups is 1. The molecule has 0 aliphatic rings. The van der Waals surface area contributed by atoms with E-state index in [1.54, 1.807) is 0 Å². The number of esters is 1. The molecule has 0 bridgehead atoms. The molecule has 0 aliphatic heterocycles. The predicted octanol–water partition coefficient (Wildman–Crippen LogP) is 14.6. The fourth-order valence-corrected chi connectivity index (χ4v) is 7.76. The summed E-state index contributed by atoms with van der Waals surface area (Å²) < 4.78 is 35.1. The van der Waals surface area contributed by atoms with Crippen molar-refractivity contribution in [3.8, 4) is 0 Å². The molecule has 0 spiro atoms. The molecule has 0 aromatic heterocycles. The summed E-state index contributed by atoms with van der Waals surface area (Å²) in [6.45, 7) is 5.66. The Morgan fingerprint density at radius 1 is 0.526 bits per heavy atom. The van der Waals surface area contributed by atoms with Gasteiger partial charge in [-0.25, -0.2) is 4.57 Å². The SMILES string of the molecule is CCCCCCCCC/C=C\CCCCCCCC(=O)OC(COCCCCCCCCCCCCCCCCCCCCC)COP(=O)(O)OCC[N+](C)(C)C.